The number of anilines is 1. The maximum atomic E-state index is 6.08. The summed E-state index contributed by atoms with van der Waals surface area (Å²) in [6.45, 7) is 8.06. The van der Waals surface area contributed by atoms with Crippen molar-refractivity contribution in [3.8, 4) is 0 Å². The van der Waals surface area contributed by atoms with Gasteiger partial charge in [0.15, 0.2) is 0 Å². The molecule has 22 heavy (non-hydrogen) atoms. The van der Waals surface area contributed by atoms with Gasteiger partial charge in [0, 0.05) is 5.75 Å². The second-order valence-corrected chi connectivity index (χ2v) is 7.49. The summed E-state index contributed by atoms with van der Waals surface area (Å²) in [6, 6.07) is 3.52. The van der Waals surface area contributed by atoms with Crippen LogP contribution in [-0.2, 0) is 9.31 Å². The molecule has 1 aliphatic heterocycles. The van der Waals surface area contributed by atoms with E-state index in [4.69, 9.17) is 38.2 Å². The van der Waals surface area contributed by atoms with Crippen LogP contribution in [-0.4, -0.2) is 24.1 Å². The molecule has 1 aromatic rings. The Bertz CT molecular complexity index is 581. The zero-order valence-electron chi connectivity index (χ0n) is 13.1. The highest BCUT2D eigenvalue weighted by Crippen LogP contribution is 2.39. The SMILES string of the molecule is CC1(C)OB(C(=Cc2cc(Cl)c(N)c(Cl)c2)CS)OC1(C)C. The number of rotatable bonds is 3. The predicted molar refractivity (Wildman–Crippen MR) is 98.8 cm³/mol. The summed E-state index contributed by atoms with van der Waals surface area (Å²) in [5, 5.41) is 0.845. The monoisotopic (exact) mass is 359 g/mol. The second-order valence-electron chi connectivity index (χ2n) is 6.36. The maximum Gasteiger partial charge on any atom is 0.491 e. The first-order chi connectivity index (χ1) is 10.1. The molecule has 3 nitrogen and oxygen atoms in total. The zero-order valence-corrected chi connectivity index (χ0v) is 15.5. The molecule has 0 spiro atoms. The minimum Gasteiger partial charge on any atom is -0.400 e. The number of nitrogens with two attached hydrogens (primary N) is 1. The van der Waals surface area contributed by atoms with Gasteiger partial charge in [0.1, 0.15) is 0 Å². The molecule has 7 heteroatoms. The Kier molecular flexibility index (Phi) is 5.15. The van der Waals surface area contributed by atoms with Gasteiger partial charge in [-0.15, -0.1) is 0 Å². The van der Waals surface area contributed by atoms with E-state index < -0.39 is 18.3 Å². The van der Waals surface area contributed by atoms with Crippen molar-refractivity contribution >= 4 is 54.7 Å². The van der Waals surface area contributed by atoms with Crippen molar-refractivity contribution in [2.45, 2.75) is 38.9 Å². The number of hydrogen-bond donors (Lipinski definition) is 2. The molecule has 0 bridgehead atoms. The molecule has 2 N–H and O–H groups in total. The number of benzene rings is 1. The molecule has 0 unspecified atom stereocenters. The van der Waals surface area contributed by atoms with Crippen LogP contribution in [0.5, 0.6) is 0 Å². The molecular weight excluding hydrogens is 340 g/mol. The van der Waals surface area contributed by atoms with E-state index in [0.29, 0.717) is 21.5 Å². The summed E-state index contributed by atoms with van der Waals surface area (Å²) in [6.07, 6.45) is 1.92. The van der Waals surface area contributed by atoms with Crippen LogP contribution >= 0.6 is 35.8 Å². The third-order valence-corrected chi connectivity index (χ3v) is 5.18. The van der Waals surface area contributed by atoms with Crippen molar-refractivity contribution in [3.63, 3.8) is 0 Å². The van der Waals surface area contributed by atoms with E-state index in [2.05, 4.69) is 12.6 Å². The molecule has 0 atom stereocenters. The van der Waals surface area contributed by atoms with Crippen LogP contribution in [0.2, 0.25) is 10.0 Å². The number of halogens is 2. The molecule has 0 radical (unpaired) electrons. The molecule has 0 aromatic heterocycles. The van der Waals surface area contributed by atoms with Gasteiger partial charge in [-0.25, -0.2) is 0 Å². The van der Waals surface area contributed by atoms with E-state index in [0.717, 1.165) is 11.0 Å². The lowest BCUT2D eigenvalue weighted by Crippen LogP contribution is -2.41. The van der Waals surface area contributed by atoms with E-state index in [-0.39, 0.29) is 0 Å². The molecule has 1 fully saturated rings. The highest BCUT2D eigenvalue weighted by Gasteiger charge is 2.52. The van der Waals surface area contributed by atoms with Crippen LogP contribution < -0.4 is 5.73 Å². The number of thiol groups is 1. The fourth-order valence-electron chi connectivity index (χ4n) is 2.08. The first-order valence-electron chi connectivity index (χ1n) is 6.99. The van der Waals surface area contributed by atoms with Gasteiger partial charge >= 0.3 is 7.12 Å². The van der Waals surface area contributed by atoms with E-state index in [1.54, 1.807) is 12.1 Å². The van der Waals surface area contributed by atoms with Gasteiger partial charge in [-0.05, 0) is 50.9 Å². The van der Waals surface area contributed by atoms with Gasteiger partial charge in [0.05, 0.1) is 26.9 Å². The van der Waals surface area contributed by atoms with E-state index in [9.17, 15) is 0 Å². The predicted octanol–water partition coefficient (Wildman–Crippen LogP) is 4.52. The van der Waals surface area contributed by atoms with Gasteiger partial charge in [0.25, 0.3) is 0 Å². The fraction of sp³-hybridized carbons (Fsp3) is 0.467. The lowest BCUT2D eigenvalue weighted by Gasteiger charge is -2.32. The lowest BCUT2D eigenvalue weighted by atomic mass is 9.78. The normalized spacial score (nSPS) is 20.5. The van der Waals surface area contributed by atoms with E-state index in [1.807, 2.05) is 33.8 Å². The Morgan fingerprint density at radius 2 is 1.64 bits per heavy atom. The number of nitrogen functional groups attached to an aromatic ring is 1. The lowest BCUT2D eigenvalue weighted by molar-refractivity contribution is 0.00578. The Balaban J connectivity index is 2.34. The summed E-state index contributed by atoms with van der Waals surface area (Å²) in [4.78, 5) is 0. The third-order valence-electron chi connectivity index (χ3n) is 4.19. The standard InChI is InChI=1S/C15H20BCl2NO2S/c1-14(2)15(3,4)21-16(20-14)10(8-22)5-9-6-11(17)13(19)12(18)7-9/h5-7,22H,8,19H2,1-4H3. The first-order valence-corrected chi connectivity index (χ1v) is 8.38. The number of hydrogen-bond acceptors (Lipinski definition) is 4. The minimum atomic E-state index is -0.447. The van der Waals surface area contributed by atoms with Crippen LogP contribution in [0.3, 0.4) is 0 Å². The van der Waals surface area contributed by atoms with Gasteiger partial charge in [-0.1, -0.05) is 29.3 Å². The quantitative estimate of drug-likeness (QED) is 0.473. The zero-order chi connectivity index (χ0) is 16.7. The smallest absolute Gasteiger partial charge is 0.400 e. The molecular formula is C15H20BCl2NO2S. The van der Waals surface area contributed by atoms with Crippen LogP contribution in [0, 0.1) is 0 Å². The van der Waals surface area contributed by atoms with Gasteiger partial charge in [-0.3, -0.25) is 0 Å². The average Bonchev–Trinajstić information content (AvgIpc) is 2.61. The molecule has 0 amide bonds. The van der Waals surface area contributed by atoms with Crippen LogP contribution in [0.15, 0.2) is 17.6 Å². The third kappa shape index (κ3) is 3.44. The topological polar surface area (TPSA) is 44.5 Å². The van der Waals surface area contributed by atoms with Gasteiger partial charge in [0.2, 0.25) is 0 Å². The van der Waals surface area contributed by atoms with E-state index in [1.165, 1.54) is 0 Å². The minimum absolute atomic E-state index is 0.378. The summed E-state index contributed by atoms with van der Waals surface area (Å²) < 4.78 is 12.1. The van der Waals surface area contributed by atoms with Crippen molar-refractivity contribution in [1.82, 2.24) is 0 Å². The molecule has 0 saturated carbocycles. The molecule has 120 valence electrons. The molecule has 1 heterocycles. The average molecular weight is 360 g/mol. The van der Waals surface area contributed by atoms with Crippen molar-refractivity contribution < 1.29 is 9.31 Å². The van der Waals surface area contributed by atoms with Crippen LogP contribution in [0.4, 0.5) is 5.69 Å². The maximum absolute atomic E-state index is 6.08. The first kappa shape index (κ1) is 18.0. The van der Waals surface area contributed by atoms with E-state index >= 15 is 0 Å². The summed E-state index contributed by atoms with van der Waals surface area (Å²) >= 11 is 16.5. The van der Waals surface area contributed by atoms with Crippen LogP contribution in [0.25, 0.3) is 6.08 Å². The Labute approximate surface area is 147 Å². The molecule has 1 aromatic carbocycles. The van der Waals surface area contributed by atoms with Crippen molar-refractivity contribution in [1.29, 1.82) is 0 Å². The Morgan fingerprint density at radius 3 is 2.05 bits per heavy atom. The second kappa shape index (κ2) is 6.29. The Morgan fingerprint density at radius 1 is 1.18 bits per heavy atom. The highest BCUT2D eigenvalue weighted by molar-refractivity contribution is 7.80. The summed E-state index contributed by atoms with van der Waals surface area (Å²) in [5.41, 5.74) is 7.09. The van der Waals surface area contributed by atoms with Crippen molar-refractivity contribution in [3.05, 3.63) is 33.2 Å². The van der Waals surface area contributed by atoms with Crippen LogP contribution in [0.1, 0.15) is 33.3 Å². The van der Waals surface area contributed by atoms with Crippen molar-refractivity contribution in [2.75, 3.05) is 11.5 Å². The molecule has 2 rings (SSSR count). The largest absolute Gasteiger partial charge is 0.491 e. The van der Waals surface area contributed by atoms with Gasteiger partial charge in [-0.2, -0.15) is 12.6 Å². The molecule has 1 aliphatic rings. The highest BCUT2D eigenvalue weighted by atomic mass is 35.5. The summed E-state index contributed by atoms with van der Waals surface area (Å²) in [7, 11) is -0.447. The Hall–Kier alpha value is -0.325. The van der Waals surface area contributed by atoms with Crippen molar-refractivity contribution in [2.24, 2.45) is 0 Å². The summed E-state index contributed by atoms with van der Waals surface area (Å²) in [5.74, 6) is 0.496. The fourth-order valence-corrected chi connectivity index (χ4v) is 2.83. The van der Waals surface area contributed by atoms with Gasteiger partial charge < -0.3 is 15.0 Å². The molecule has 1 saturated heterocycles. The molecule has 0 aliphatic carbocycles.